The Balaban J connectivity index is 2.29. The number of carbonyl (C=O) groups is 2. The molecule has 1 aliphatic rings. The lowest BCUT2D eigenvalue weighted by molar-refractivity contribution is -0.145. The zero-order valence-corrected chi connectivity index (χ0v) is 17.2. The number of ether oxygens (including phenoxy) is 4. The minimum atomic E-state index is -2.97. The Morgan fingerprint density at radius 3 is 2.48 bits per heavy atom. The number of methoxy groups -OCH3 is 1. The highest BCUT2D eigenvalue weighted by Gasteiger charge is 2.42. The molecule has 1 saturated heterocycles. The minimum Gasteiger partial charge on any atom is -0.490 e. The molecule has 1 aromatic rings. The number of likely N-dealkylation sites (tertiary alicyclic amines) is 1. The van der Waals surface area contributed by atoms with E-state index in [0.29, 0.717) is 6.42 Å². The molecule has 7 nitrogen and oxygen atoms in total. The fraction of sp³-hybridized carbons (Fsp3) is 0.600. The van der Waals surface area contributed by atoms with Crippen LogP contribution in [0, 0.1) is 0 Å². The number of alkyl halides is 2. The maximum Gasteiger partial charge on any atom is 0.411 e. The van der Waals surface area contributed by atoms with Gasteiger partial charge in [0, 0.05) is 12.5 Å². The van der Waals surface area contributed by atoms with Gasteiger partial charge in [-0.05, 0) is 51.8 Å². The molecule has 0 N–H and O–H groups in total. The number of nitrogens with zero attached hydrogens (tertiary/aromatic N) is 1. The number of hydrogen-bond donors (Lipinski definition) is 0. The quantitative estimate of drug-likeness (QED) is 0.655. The molecule has 0 saturated carbocycles. The third-order valence-corrected chi connectivity index (χ3v) is 4.36. The smallest absolute Gasteiger partial charge is 0.411 e. The summed E-state index contributed by atoms with van der Waals surface area (Å²) in [4.78, 5) is 26.1. The van der Waals surface area contributed by atoms with Crippen LogP contribution in [0.5, 0.6) is 11.5 Å². The molecule has 0 bridgehead atoms. The van der Waals surface area contributed by atoms with Gasteiger partial charge in [0.2, 0.25) is 0 Å². The predicted octanol–water partition coefficient (Wildman–Crippen LogP) is 3.95. The molecule has 9 heteroatoms. The van der Waals surface area contributed by atoms with Gasteiger partial charge in [-0.25, -0.2) is 9.59 Å². The van der Waals surface area contributed by atoms with Crippen LogP contribution in [-0.4, -0.2) is 55.5 Å². The summed E-state index contributed by atoms with van der Waals surface area (Å²) in [5.41, 5.74) is 0.0155. The number of benzene rings is 1. The molecule has 1 aliphatic heterocycles. The SMILES string of the molecule is CCOc1cc(C2C[C@H](C(=O)OC)N(C(=O)OC(C)(C)C)C2)ccc1OC(F)F. The van der Waals surface area contributed by atoms with Crippen LogP contribution in [0.15, 0.2) is 18.2 Å². The van der Waals surface area contributed by atoms with E-state index in [1.807, 2.05) is 0 Å². The Bertz CT molecular complexity index is 734. The monoisotopic (exact) mass is 415 g/mol. The van der Waals surface area contributed by atoms with Crippen LogP contribution in [0.3, 0.4) is 0 Å². The fourth-order valence-electron chi connectivity index (χ4n) is 3.20. The summed E-state index contributed by atoms with van der Waals surface area (Å²) in [5.74, 6) is -0.666. The van der Waals surface area contributed by atoms with E-state index < -0.39 is 30.3 Å². The fourth-order valence-corrected chi connectivity index (χ4v) is 3.20. The van der Waals surface area contributed by atoms with Crippen molar-refractivity contribution in [2.75, 3.05) is 20.3 Å². The van der Waals surface area contributed by atoms with Gasteiger partial charge in [0.05, 0.1) is 13.7 Å². The van der Waals surface area contributed by atoms with E-state index in [-0.39, 0.29) is 30.6 Å². The summed E-state index contributed by atoms with van der Waals surface area (Å²) < 4.78 is 45.4. The molecule has 2 atom stereocenters. The van der Waals surface area contributed by atoms with Crippen molar-refractivity contribution in [3.05, 3.63) is 23.8 Å². The van der Waals surface area contributed by atoms with Crippen LogP contribution in [0.1, 0.15) is 45.6 Å². The van der Waals surface area contributed by atoms with Gasteiger partial charge in [0.25, 0.3) is 0 Å². The van der Waals surface area contributed by atoms with Crippen LogP contribution in [-0.2, 0) is 14.3 Å². The van der Waals surface area contributed by atoms with Crippen molar-refractivity contribution in [2.24, 2.45) is 0 Å². The van der Waals surface area contributed by atoms with Crippen molar-refractivity contribution < 1.29 is 37.3 Å². The molecule has 1 heterocycles. The number of halogens is 2. The van der Waals surface area contributed by atoms with E-state index in [1.54, 1.807) is 39.8 Å². The first kappa shape index (κ1) is 22.7. The molecule has 1 amide bonds. The van der Waals surface area contributed by atoms with Crippen molar-refractivity contribution in [3.63, 3.8) is 0 Å². The molecule has 29 heavy (non-hydrogen) atoms. The second-order valence-corrected chi connectivity index (χ2v) is 7.62. The van der Waals surface area contributed by atoms with Crippen LogP contribution in [0.2, 0.25) is 0 Å². The highest BCUT2D eigenvalue weighted by molar-refractivity contribution is 5.82. The minimum absolute atomic E-state index is 0.0721. The number of amides is 1. The van der Waals surface area contributed by atoms with Gasteiger partial charge in [-0.3, -0.25) is 4.90 Å². The molecular formula is C20H27F2NO6. The Morgan fingerprint density at radius 1 is 1.24 bits per heavy atom. The average Bonchev–Trinajstić information content (AvgIpc) is 3.06. The number of rotatable bonds is 6. The molecule has 1 aromatic carbocycles. The predicted molar refractivity (Wildman–Crippen MR) is 100 cm³/mol. The van der Waals surface area contributed by atoms with Crippen LogP contribution < -0.4 is 9.47 Å². The van der Waals surface area contributed by atoms with Crippen molar-refractivity contribution in [1.29, 1.82) is 0 Å². The lowest BCUT2D eigenvalue weighted by Crippen LogP contribution is -2.43. The van der Waals surface area contributed by atoms with Crippen molar-refractivity contribution in [2.45, 2.75) is 58.3 Å². The van der Waals surface area contributed by atoms with E-state index in [0.717, 1.165) is 5.56 Å². The standard InChI is InChI=1S/C20H27F2NO6/c1-6-27-16-10-12(7-8-15(16)28-18(21)22)13-9-14(17(24)26-5)23(11-13)19(25)29-20(2,3)4/h7-8,10,13-14,18H,6,9,11H2,1-5H3/t13?,14-/m1/s1. The number of carbonyl (C=O) groups excluding carboxylic acids is 2. The molecular weight excluding hydrogens is 388 g/mol. The van der Waals surface area contributed by atoms with Gasteiger partial charge < -0.3 is 18.9 Å². The van der Waals surface area contributed by atoms with E-state index in [4.69, 9.17) is 14.2 Å². The third kappa shape index (κ3) is 5.95. The second-order valence-electron chi connectivity index (χ2n) is 7.62. The van der Waals surface area contributed by atoms with Crippen molar-refractivity contribution in [1.82, 2.24) is 4.90 Å². The van der Waals surface area contributed by atoms with Gasteiger partial charge in [0.15, 0.2) is 11.5 Å². The molecule has 1 fully saturated rings. The maximum absolute atomic E-state index is 12.6. The first-order valence-corrected chi connectivity index (χ1v) is 9.34. The molecule has 0 radical (unpaired) electrons. The van der Waals surface area contributed by atoms with Gasteiger partial charge in [-0.1, -0.05) is 6.07 Å². The highest BCUT2D eigenvalue weighted by Crippen LogP contribution is 2.38. The van der Waals surface area contributed by atoms with Crippen molar-refractivity contribution in [3.8, 4) is 11.5 Å². The maximum atomic E-state index is 12.6. The van der Waals surface area contributed by atoms with E-state index >= 15 is 0 Å². The molecule has 0 aromatic heterocycles. The lowest BCUT2D eigenvalue weighted by Gasteiger charge is -2.27. The summed E-state index contributed by atoms with van der Waals surface area (Å²) in [6, 6.07) is 3.82. The lowest BCUT2D eigenvalue weighted by atomic mass is 9.96. The summed E-state index contributed by atoms with van der Waals surface area (Å²) in [6.45, 7) is 4.45. The van der Waals surface area contributed by atoms with Crippen LogP contribution in [0.25, 0.3) is 0 Å². The summed E-state index contributed by atoms with van der Waals surface area (Å²) >= 11 is 0. The largest absolute Gasteiger partial charge is 0.490 e. The zero-order valence-electron chi connectivity index (χ0n) is 17.2. The van der Waals surface area contributed by atoms with E-state index in [2.05, 4.69) is 4.74 Å². The zero-order chi connectivity index (χ0) is 21.8. The molecule has 1 unspecified atom stereocenters. The highest BCUT2D eigenvalue weighted by atomic mass is 19.3. The topological polar surface area (TPSA) is 74.3 Å². The Kier molecular flexibility index (Phi) is 7.26. The Morgan fingerprint density at radius 2 is 1.93 bits per heavy atom. The number of esters is 1. The molecule has 0 spiro atoms. The first-order chi connectivity index (χ1) is 13.6. The molecule has 0 aliphatic carbocycles. The van der Waals surface area contributed by atoms with Crippen LogP contribution in [0.4, 0.5) is 13.6 Å². The summed E-state index contributed by atoms with van der Waals surface area (Å²) in [7, 11) is 1.26. The van der Waals surface area contributed by atoms with Crippen molar-refractivity contribution >= 4 is 12.1 Å². The van der Waals surface area contributed by atoms with E-state index in [9.17, 15) is 18.4 Å². The molecule has 162 valence electrons. The van der Waals surface area contributed by atoms with Gasteiger partial charge in [0.1, 0.15) is 11.6 Å². The van der Waals surface area contributed by atoms with E-state index in [1.165, 1.54) is 18.1 Å². The van der Waals surface area contributed by atoms with Gasteiger partial charge in [-0.15, -0.1) is 0 Å². The summed E-state index contributed by atoms with van der Waals surface area (Å²) in [5, 5.41) is 0. The summed E-state index contributed by atoms with van der Waals surface area (Å²) in [6.07, 6.45) is -0.301. The van der Waals surface area contributed by atoms with Gasteiger partial charge >= 0.3 is 18.7 Å². The normalized spacial score (nSPS) is 19.2. The molecule has 2 rings (SSSR count). The average molecular weight is 415 g/mol. The first-order valence-electron chi connectivity index (χ1n) is 9.34. The number of hydrogen-bond acceptors (Lipinski definition) is 6. The Labute approximate surface area is 168 Å². The second kappa shape index (κ2) is 9.28. The van der Waals surface area contributed by atoms with Crippen LogP contribution >= 0.6 is 0 Å². The third-order valence-electron chi connectivity index (χ3n) is 4.36. The van der Waals surface area contributed by atoms with Gasteiger partial charge in [-0.2, -0.15) is 8.78 Å². The Hall–Kier alpha value is -2.58.